The third kappa shape index (κ3) is 2.65. The van der Waals surface area contributed by atoms with Gasteiger partial charge in [0.25, 0.3) is 5.91 Å². The van der Waals surface area contributed by atoms with Gasteiger partial charge in [0.2, 0.25) is 0 Å². The summed E-state index contributed by atoms with van der Waals surface area (Å²) in [6, 6.07) is 0. The number of rotatable bonds is 3. The molecule has 1 amide bonds. The van der Waals surface area contributed by atoms with Gasteiger partial charge in [-0.05, 0) is 37.7 Å². The van der Waals surface area contributed by atoms with Gasteiger partial charge in [0.05, 0.1) is 6.67 Å². The van der Waals surface area contributed by atoms with E-state index in [4.69, 9.17) is 0 Å². The van der Waals surface area contributed by atoms with Crippen LogP contribution in [0.2, 0.25) is 0 Å². The third-order valence-corrected chi connectivity index (χ3v) is 3.40. The number of amides is 1. The van der Waals surface area contributed by atoms with Crippen molar-refractivity contribution in [3.8, 4) is 0 Å². The Bertz CT molecular complexity index is 406. The normalized spacial score (nSPS) is 26.8. The summed E-state index contributed by atoms with van der Waals surface area (Å²) in [5, 5.41) is 2.83. The molecular weight excluding hydrogens is 217 g/mol. The largest absolute Gasteiger partial charge is 0.322 e. The third-order valence-electron chi connectivity index (χ3n) is 3.40. The SMILES string of the molecule is CC1=C(CCF)C(=O)N/C1=C\[C@@H]1C=CCCC1. The monoisotopic (exact) mass is 235 g/mol. The standard InChI is InChI=1S/C14H18FNO/c1-10-12(7-8-15)14(17)16-13(10)9-11-5-3-2-4-6-11/h3,5,9,11H,2,4,6-8H2,1H3,(H,16,17)/b13-9-/t11-/m1/s1. The first-order chi connectivity index (χ1) is 8.22. The lowest BCUT2D eigenvalue weighted by molar-refractivity contribution is -0.116. The first kappa shape index (κ1) is 12.1. The Labute approximate surface area is 101 Å². The molecule has 0 saturated heterocycles. The molecule has 0 fully saturated rings. The number of alkyl halides is 1. The molecule has 1 aliphatic heterocycles. The lowest BCUT2D eigenvalue weighted by Crippen LogP contribution is -2.17. The van der Waals surface area contributed by atoms with E-state index in [2.05, 4.69) is 23.5 Å². The van der Waals surface area contributed by atoms with Crippen LogP contribution < -0.4 is 5.32 Å². The highest BCUT2D eigenvalue weighted by atomic mass is 19.1. The average Bonchev–Trinajstić information content (AvgIpc) is 2.59. The maximum Gasteiger partial charge on any atom is 0.252 e. The molecule has 0 aromatic carbocycles. The van der Waals surface area contributed by atoms with Gasteiger partial charge in [0.15, 0.2) is 0 Å². The Hall–Kier alpha value is -1.38. The second-order valence-electron chi connectivity index (χ2n) is 4.60. The molecule has 0 unspecified atom stereocenters. The van der Waals surface area contributed by atoms with Crippen LogP contribution >= 0.6 is 0 Å². The average molecular weight is 235 g/mol. The van der Waals surface area contributed by atoms with Crippen molar-refractivity contribution >= 4 is 5.91 Å². The summed E-state index contributed by atoms with van der Waals surface area (Å²) < 4.78 is 12.3. The van der Waals surface area contributed by atoms with Crippen molar-refractivity contribution in [2.45, 2.75) is 32.6 Å². The number of carbonyl (C=O) groups is 1. The minimum Gasteiger partial charge on any atom is -0.322 e. The Morgan fingerprint density at radius 3 is 3.06 bits per heavy atom. The molecule has 2 nitrogen and oxygen atoms in total. The Balaban J connectivity index is 2.17. The molecule has 17 heavy (non-hydrogen) atoms. The molecule has 1 heterocycles. The van der Waals surface area contributed by atoms with Crippen LogP contribution in [0.3, 0.4) is 0 Å². The molecule has 2 rings (SSSR count). The van der Waals surface area contributed by atoms with Gasteiger partial charge in [-0.1, -0.05) is 18.2 Å². The van der Waals surface area contributed by atoms with Crippen molar-refractivity contribution in [3.05, 3.63) is 35.1 Å². The molecule has 1 atom stereocenters. The zero-order valence-corrected chi connectivity index (χ0v) is 10.1. The molecule has 0 aromatic rings. The van der Waals surface area contributed by atoms with E-state index in [1.807, 2.05) is 6.92 Å². The summed E-state index contributed by atoms with van der Waals surface area (Å²) in [6.07, 6.45) is 10.1. The van der Waals surface area contributed by atoms with E-state index < -0.39 is 6.67 Å². The quantitative estimate of drug-likeness (QED) is 0.748. The molecule has 0 saturated carbocycles. The minimum atomic E-state index is -0.475. The highest BCUT2D eigenvalue weighted by molar-refractivity contribution is 6.00. The van der Waals surface area contributed by atoms with Gasteiger partial charge in [-0.25, -0.2) is 0 Å². The van der Waals surface area contributed by atoms with Gasteiger partial charge in [0, 0.05) is 17.7 Å². The fraction of sp³-hybridized carbons (Fsp3) is 0.500. The van der Waals surface area contributed by atoms with Gasteiger partial charge < -0.3 is 5.32 Å². The maximum absolute atomic E-state index is 12.3. The fourth-order valence-electron chi connectivity index (χ4n) is 2.38. The highest BCUT2D eigenvalue weighted by Crippen LogP contribution is 2.26. The number of hydrogen-bond donors (Lipinski definition) is 1. The van der Waals surface area contributed by atoms with Crippen LogP contribution in [0.25, 0.3) is 0 Å². The molecule has 0 spiro atoms. The molecule has 92 valence electrons. The lowest BCUT2D eigenvalue weighted by atomic mass is 9.94. The van der Waals surface area contributed by atoms with Crippen molar-refractivity contribution in [3.63, 3.8) is 0 Å². The van der Waals surface area contributed by atoms with Crippen molar-refractivity contribution < 1.29 is 9.18 Å². The van der Waals surface area contributed by atoms with Crippen molar-refractivity contribution in [2.75, 3.05) is 6.67 Å². The maximum atomic E-state index is 12.3. The topological polar surface area (TPSA) is 29.1 Å². The van der Waals surface area contributed by atoms with Crippen LogP contribution in [-0.2, 0) is 4.79 Å². The van der Waals surface area contributed by atoms with E-state index in [-0.39, 0.29) is 12.3 Å². The van der Waals surface area contributed by atoms with Crippen molar-refractivity contribution in [1.29, 1.82) is 0 Å². The van der Waals surface area contributed by atoms with E-state index >= 15 is 0 Å². The van der Waals surface area contributed by atoms with Crippen LogP contribution in [-0.4, -0.2) is 12.6 Å². The zero-order chi connectivity index (χ0) is 12.3. The van der Waals surface area contributed by atoms with Crippen LogP contribution in [0.15, 0.2) is 35.1 Å². The summed E-state index contributed by atoms with van der Waals surface area (Å²) >= 11 is 0. The summed E-state index contributed by atoms with van der Waals surface area (Å²) in [5.74, 6) is 0.268. The number of hydrogen-bond acceptors (Lipinski definition) is 1. The molecular formula is C14H18FNO. The predicted octanol–water partition coefficient (Wildman–Crippen LogP) is 3.03. The smallest absolute Gasteiger partial charge is 0.252 e. The van der Waals surface area contributed by atoms with Crippen LogP contribution in [0.5, 0.6) is 0 Å². The van der Waals surface area contributed by atoms with E-state index in [0.717, 1.165) is 24.1 Å². The van der Waals surface area contributed by atoms with Gasteiger partial charge in [-0.2, -0.15) is 0 Å². The molecule has 1 N–H and O–H groups in total. The minimum absolute atomic E-state index is 0.133. The zero-order valence-electron chi connectivity index (χ0n) is 10.1. The van der Waals surface area contributed by atoms with Gasteiger partial charge in [0.1, 0.15) is 0 Å². The van der Waals surface area contributed by atoms with Crippen molar-refractivity contribution in [2.24, 2.45) is 5.92 Å². The van der Waals surface area contributed by atoms with Gasteiger partial charge in [-0.15, -0.1) is 0 Å². The number of carbonyl (C=O) groups excluding carboxylic acids is 1. The van der Waals surface area contributed by atoms with Crippen LogP contribution in [0.4, 0.5) is 4.39 Å². The second kappa shape index (κ2) is 5.30. The van der Waals surface area contributed by atoms with Crippen LogP contribution in [0, 0.1) is 5.92 Å². The number of nitrogens with one attached hydrogen (secondary N) is 1. The number of allylic oxidation sites excluding steroid dienone is 4. The summed E-state index contributed by atoms with van der Waals surface area (Å²) in [6.45, 7) is 1.41. The van der Waals surface area contributed by atoms with E-state index in [1.54, 1.807) is 0 Å². The molecule has 3 heteroatoms. The molecule has 2 aliphatic rings. The first-order valence-corrected chi connectivity index (χ1v) is 6.18. The summed E-state index contributed by atoms with van der Waals surface area (Å²) in [5.41, 5.74) is 2.38. The summed E-state index contributed by atoms with van der Waals surface area (Å²) in [4.78, 5) is 11.6. The summed E-state index contributed by atoms with van der Waals surface area (Å²) in [7, 11) is 0. The second-order valence-corrected chi connectivity index (χ2v) is 4.60. The molecule has 1 aliphatic carbocycles. The Kier molecular flexibility index (Phi) is 3.77. The molecule has 0 radical (unpaired) electrons. The first-order valence-electron chi connectivity index (χ1n) is 6.18. The van der Waals surface area contributed by atoms with Gasteiger partial charge in [-0.3, -0.25) is 9.18 Å². The van der Waals surface area contributed by atoms with Crippen molar-refractivity contribution in [1.82, 2.24) is 5.32 Å². The predicted molar refractivity (Wildman–Crippen MR) is 66.0 cm³/mol. The van der Waals surface area contributed by atoms with Gasteiger partial charge >= 0.3 is 0 Å². The van der Waals surface area contributed by atoms with Crippen LogP contribution in [0.1, 0.15) is 32.6 Å². The van der Waals surface area contributed by atoms with E-state index in [0.29, 0.717) is 11.5 Å². The molecule has 0 bridgehead atoms. The number of halogens is 1. The highest BCUT2D eigenvalue weighted by Gasteiger charge is 2.24. The Morgan fingerprint density at radius 1 is 1.59 bits per heavy atom. The molecule has 0 aromatic heterocycles. The van der Waals surface area contributed by atoms with E-state index in [9.17, 15) is 9.18 Å². The van der Waals surface area contributed by atoms with E-state index in [1.165, 1.54) is 6.42 Å². The Morgan fingerprint density at radius 2 is 2.41 bits per heavy atom. The lowest BCUT2D eigenvalue weighted by Gasteiger charge is -2.13. The fourth-order valence-corrected chi connectivity index (χ4v) is 2.38.